The average molecular weight is 300 g/mol. The van der Waals surface area contributed by atoms with E-state index in [0.29, 0.717) is 16.1 Å². The van der Waals surface area contributed by atoms with Crippen LogP contribution in [0.3, 0.4) is 0 Å². The second-order valence-corrected chi connectivity index (χ2v) is 5.88. The van der Waals surface area contributed by atoms with Crippen molar-refractivity contribution < 1.29 is 9.59 Å². The SMILES string of the molecule is CC1(CC(=O)c2ccccc2)NC(=O)c2ccc(Cl)cc21. The van der Waals surface area contributed by atoms with E-state index in [4.69, 9.17) is 11.6 Å². The first kappa shape index (κ1) is 13.8. The largest absolute Gasteiger partial charge is 0.342 e. The van der Waals surface area contributed by atoms with E-state index in [0.717, 1.165) is 5.56 Å². The third kappa shape index (κ3) is 2.45. The van der Waals surface area contributed by atoms with Gasteiger partial charge in [0, 0.05) is 22.6 Å². The Hall–Kier alpha value is -2.13. The zero-order valence-electron chi connectivity index (χ0n) is 11.5. The number of carbonyl (C=O) groups is 2. The average Bonchev–Trinajstić information content (AvgIpc) is 2.71. The fourth-order valence-electron chi connectivity index (χ4n) is 2.74. The molecule has 0 radical (unpaired) electrons. The van der Waals surface area contributed by atoms with Gasteiger partial charge < -0.3 is 5.32 Å². The molecule has 1 atom stereocenters. The van der Waals surface area contributed by atoms with Gasteiger partial charge in [-0.3, -0.25) is 9.59 Å². The number of hydrogen-bond acceptors (Lipinski definition) is 2. The van der Waals surface area contributed by atoms with Gasteiger partial charge in [0.25, 0.3) is 5.91 Å². The number of Topliss-reactive ketones (excluding diaryl/α,β-unsaturated/α-hetero) is 1. The minimum absolute atomic E-state index is 0.00812. The number of ketones is 1. The number of rotatable bonds is 3. The molecule has 0 bridgehead atoms. The van der Waals surface area contributed by atoms with Gasteiger partial charge in [0.2, 0.25) is 0 Å². The highest BCUT2D eigenvalue weighted by atomic mass is 35.5. The molecule has 2 aromatic rings. The summed E-state index contributed by atoms with van der Waals surface area (Å²) in [6.45, 7) is 1.86. The Morgan fingerprint density at radius 3 is 2.62 bits per heavy atom. The number of nitrogens with one attached hydrogen (secondary N) is 1. The quantitative estimate of drug-likeness (QED) is 0.881. The van der Waals surface area contributed by atoms with Crippen molar-refractivity contribution >= 4 is 23.3 Å². The van der Waals surface area contributed by atoms with Gasteiger partial charge in [0.1, 0.15) is 0 Å². The Morgan fingerprint density at radius 1 is 1.19 bits per heavy atom. The van der Waals surface area contributed by atoms with Gasteiger partial charge in [-0.05, 0) is 30.7 Å². The molecule has 0 saturated heterocycles. The molecule has 1 aliphatic rings. The minimum atomic E-state index is -0.718. The van der Waals surface area contributed by atoms with Crippen LogP contribution in [0.15, 0.2) is 48.5 Å². The van der Waals surface area contributed by atoms with Crippen LogP contribution >= 0.6 is 11.6 Å². The second kappa shape index (κ2) is 5.01. The summed E-state index contributed by atoms with van der Waals surface area (Å²) in [6.07, 6.45) is 0.204. The molecule has 0 spiro atoms. The molecule has 1 unspecified atom stereocenters. The summed E-state index contributed by atoms with van der Waals surface area (Å²) in [4.78, 5) is 24.5. The van der Waals surface area contributed by atoms with Gasteiger partial charge in [-0.15, -0.1) is 0 Å². The Kier molecular flexibility index (Phi) is 3.30. The Labute approximate surface area is 127 Å². The fourth-order valence-corrected chi connectivity index (χ4v) is 2.91. The third-order valence-electron chi connectivity index (χ3n) is 3.82. The van der Waals surface area contributed by atoms with E-state index in [-0.39, 0.29) is 18.1 Å². The summed E-state index contributed by atoms with van der Waals surface area (Å²) in [7, 11) is 0. The lowest BCUT2D eigenvalue weighted by atomic mass is 9.86. The van der Waals surface area contributed by atoms with Gasteiger partial charge in [0.15, 0.2) is 5.78 Å². The van der Waals surface area contributed by atoms with Crippen molar-refractivity contribution in [1.29, 1.82) is 0 Å². The van der Waals surface area contributed by atoms with Crippen LogP contribution in [0.2, 0.25) is 5.02 Å². The molecule has 1 heterocycles. The summed E-state index contributed by atoms with van der Waals surface area (Å²) in [5.74, 6) is -0.170. The summed E-state index contributed by atoms with van der Waals surface area (Å²) >= 11 is 6.03. The molecule has 21 heavy (non-hydrogen) atoms. The number of carbonyl (C=O) groups excluding carboxylic acids is 2. The van der Waals surface area contributed by atoms with E-state index < -0.39 is 5.54 Å². The van der Waals surface area contributed by atoms with Gasteiger partial charge in [-0.2, -0.15) is 0 Å². The standard InChI is InChI=1S/C17H14ClNO2/c1-17(10-15(20)11-5-3-2-4-6-11)14-9-12(18)7-8-13(14)16(21)19-17/h2-9H,10H2,1H3,(H,19,21). The Morgan fingerprint density at radius 2 is 1.90 bits per heavy atom. The zero-order chi connectivity index (χ0) is 15.0. The third-order valence-corrected chi connectivity index (χ3v) is 4.06. The summed E-state index contributed by atoms with van der Waals surface area (Å²) in [5, 5.41) is 3.46. The number of fused-ring (bicyclic) bond motifs is 1. The molecule has 3 rings (SSSR count). The van der Waals surface area contributed by atoms with E-state index >= 15 is 0 Å². The van der Waals surface area contributed by atoms with Crippen molar-refractivity contribution in [3.8, 4) is 0 Å². The first-order valence-electron chi connectivity index (χ1n) is 6.70. The summed E-state index contributed by atoms with van der Waals surface area (Å²) < 4.78 is 0. The molecule has 1 N–H and O–H groups in total. The highest BCUT2D eigenvalue weighted by Gasteiger charge is 2.40. The van der Waals surface area contributed by atoms with E-state index in [1.807, 2.05) is 25.1 Å². The molecule has 2 aromatic carbocycles. The maximum atomic E-state index is 12.4. The van der Waals surface area contributed by atoms with Gasteiger partial charge in [-0.1, -0.05) is 41.9 Å². The van der Waals surface area contributed by atoms with E-state index in [1.165, 1.54) is 0 Å². The van der Waals surface area contributed by atoms with Gasteiger partial charge in [-0.25, -0.2) is 0 Å². The van der Waals surface area contributed by atoms with Crippen LogP contribution in [-0.2, 0) is 5.54 Å². The fraction of sp³-hybridized carbons (Fsp3) is 0.176. The molecule has 1 aliphatic heterocycles. The molecule has 0 fully saturated rings. The zero-order valence-corrected chi connectivity index (χ0v) is 12.3. The van der Waals surface area contributed by atoms with Crippen molar-refractivity contribution in [2.24, 2.45) is 0 Å². The number of benzene rings is 2. The van der Waals surface area contributed by atoms with Crippen LogP contribution < -0.4 is 5.32 Å². The topological polar surface area (TPSA) is 46.2 Å². The normalized spacial score (nSPS) is 20.0. The van der Waals surface area contributed by atoms with Crippen LogP contribution in [0, 0.1) is 0 Å². The van der Waals surface area contributed by atoms with Gasteiger partial charge >= 0.3 is 0 Å². The van der Waals surface area contributed by atoms with E-state index in [2.05, 4.69) is 5.32 Å². The molecule has 0 aromatic heterocycles. The van der Waals surface area contributed by atoms with Crippen LogP contribution in [-0.4, -0.2) is 11.7 Å². The highest BCUT2D eigenvalue weighted by Crippen LogP contribution is 2.36. The predicted octanol–water partition coefficient (Wildman–Crippen LogP) is 3.57. The van der Waals surface area contributed by atoms with Crippen molar-refractivity contribution in [2.45, 2.75) is 18.9 Å². The van der Waals surface area contributed by atoms with E-state index in [9.17, 15) is 9.59 Å². The lowest BCUT2D eigenvalue weighted by Gasteiger charge is -2.25. The van der Waals surface area contributed by atoms with Crippen molar-refractivity contribution in [2.75, 3.05) is 0 Å². The maximum absolute atomic E-state index is 12.4. The highest BCUT2D eigenvalue weighted by molar-refractivity contribution is 6.30. The van der Waals surface area contributed by atoms with E-state index in [1.54, 1.807) is 30.3 Å². The smallest absolute Gasteiger partial charge is 0.252 e. The number of hydrogen-bond donors (Lipinski definition) is 1. The van der Waals surface area contributed by atoms with Crippen LogP contribution in [0.5, 0.6) is 0 Å². The number of amides is 1. The molecule has 1 amide bonds. The molecular formula is C17H14ClNO2. The molecule has 3 nitrogen and oxygen atoms in total. The molecule has 0 aliphatic carbocycles. The lowest BCUT2D eigenvalue weighted by Crippen LogP contribution is -2.38. The molecule has 4 heteroatoms. The molecule has 0 saturated carbocycles. The van der Waals surface area contributed by atoms with Crippen molar-refractivity contribution in [1.82, 2.24) is 5.32 Å². The van der Waals surface area contributed by atoms with Gasteiger partial charge in [0.05, 0.1) is 5.54 Å². The first-order valence-corrected chi connectivity index (χ1v) is 7.08. The Balaban J connectivity index is 1.95. The lowest BCUT2D eigenvalue weighted by molar-refractivity contribution is 0.0894. The van der Waals surface area contributed by atoms with Crippen molar-refractivity contribution in [3.05, 3.63) is 70.2 Å². The predicted molar refractivity (Wildman–Crippen MR) is 81.7 cm³/mol. The monoisotopic (exact) mass is 299 g/mol. The van der Waals surface area contributed by atoms with Crippen LogP contribution in [0.4, 0.5) is 0 Å². The van der Waals surface area contributed by atoms with Crippen LogP contribution in [0.25, 0.3) is 0 Å². The minimum Gasteiger partial charge on any atom is -0.342 e. The second-order valence-electron chi connectivity index (χ2n) is 5.44. The first-order chi connectivity index (χ1) is 9.99. The maximum Gasteiger partial charge on any atom is 0.252 e. The summed E-state index contributed by atoms with van der Waals surface area (Å²) in [6, 6.07) is 14.2. The summed E-state index contributed by atoms with van der Waals surface area (Å²) in [5.41, 5.74) is 1.29. The molecular weight excluding hydrogens is 286 g/mol. The molecule has 106 valence electrons. The van der Waals surface area contributed by atoms with Crippen molar-refractivity contribution in [3.63, 3.8) is 0 Å². The Bertz CT molecular complexity index is 727. The number of halogens is 1. The van der Waals surface area contributed by atoms with Crippen LogP contribution in [0.1, 0.15) is 39.6 Å².